The van der Waals surface area contributed by atoms with Crippen molar-refractivity contribution >= 4 is 11.8 Å². The van der Waals surface area contributed by atoms with Gasteiger partial charge in [-0.2, -0.15) is 11.8 Å². The Kier molecular flexibility index (Phi) is 5.09. The molecule has 108 valence electrons. The number of thioether (sulfide) groups is 1. The summed E-state index contributed by atoms with van der Waals surface area (Å²) in [5, 5.41) is 0. The lowest BCUT2D eigenvalue weighted by molar-refractivity contribution is 0.252. The number of benzene rings is 1. The minimum Gasteiger partial charge on any atom is -0.320 e. The van der Waals surface area contributed by atoms with Gasteiger partial charge in [0.25, 0.3) is 0 Å². The lowest BCUT2D eigenvalue weighted by atomic mass is 10.1. The molecule has 2 N–H and O–H groups in total. The molecule has 0 aromatic heterocycles. The van der Waals surface area contributed by atoms with Crippen LogP contribution in [0.5, 0.6) is 0 Å². The highest BCUT2D eigenvalue weighted by molar-refractivity contribution is 8.00. The average molecular weight is 292 g/mol. The van der Waals surface area contributed by atoms with Gasteiger partial charge in [0.05, 0.1) is 6.54 Å². The largest absolute Gasteiger partial charge is 0.320 e. The molecule has 1 aliphatic rings. The van der Waals surface area contributed by atoms with E-state index in [1.54, 1.807) is 0 Å². The molecule has 2 rings (SSSR count). The summed E-state index contributed by atoms with van der Waals surface area (Å²) < 4.78 is 13.6. The maximum absolute atomic E-state index is 13.4. The van der Waals surface area contributed by atoms with Crippen LogP contribution in [-0.2, 0) is 6.54 Å². The lowest BCUT2D eigenvalue weighted by Crippen LogP contribution is -2.42. The predicted octanol–water partition coefficient (Wildman–Crippen LogP) is 2.46. The van der Waals surface area contributed by atoms with E-state index in [1.165, 1.54) is 12.1 Å². The van der Waals surface area contributed by atoms with Crippen molar-refractivity contribution in [3.63, 3.8) is 0 Å². The van der Waals surface area contributed by atoms with Crippen LogP contribution in [0.25, 0.3) is 0 Å². The molecule has 4 heteroatoms. The number of nitrogens with two attached hydrogens (primary N) is 1. The molecule has 0 unspecified atom stereocenters. The first-order chi connectivity index (χ1) is 9.50. The van der Waals surface area contributed by atoms with Crippen molar-refractivity contribution in [1.82, 2.24) is 4.90 Å². The topological polar surface area (TPSA) is 29.3 Å². The highest BCUT2D eigenvalue weighted by Crippen LogP contribution is 2.30. The fourth-order valence-electron chi connectivity index (χ4n) is 2.44. The molecule has 1 heterocycles. The maximum Gasteiger partial charge on any atom is 0.124 e. The molecule has 0 atom stereocenters. The zero-order chi connectivity index (χ0) is 14.6. The Labute approximate surface area is 124 Å². The molecule has 0 aliphatic carbocycles. The molecule has 1 fully saturated rings. The number of rotatable bonds is 2. The second kappa shape index (κ2) is 6.62. The lowest BCUT2D eigenvalue weighted by Gasteiger charge is -2.37. The van der Waals surface area contributed by atoms with E-state index in [4.69, 9.17) is 5.73 Å². The molecule has 2 nitrogen and oxygen atoms in total. The number of nitrogens with zero attached hydrogens (tertiary/aromatic N) is 1. The molecule has 0 amide bonds. The van der Waals surface area contributed by atoms with E-state index >= 15 is 0 Å². The van der Waals surface area contributed by atoms with Crippen LogP contribution in [0.3, 0.4) is 0 Å². The molecule has 20 heavy (non-hydrogen) atoms. The van der Waals surface area contributed by atoms with Crippen molar-refractivity contribution in [2.24, 2.45) is 5.73 Å². The summed E-state index contributed by atoms with van der Waals surface area (Å²) in [4.78, 5) is 2.41. The van der Waals surface area contributed by atoms with Crippen LogP contribution in [0.2, 0.25) is 0 Å². The molecule has 0 bridgehead atoms. The Morgan fingerprint density at radius 2 is 2.25 bits per heavy atom. The maximum atomic E-state index is 13.4. The fourth-order valence-corrected chi connectivity index (χ4v) is 3.62. The van der Waals surface area contributed by atoms with Gasteiger partial charge in [0.1, 0.15) is 5.82 Å². The van der Waals surface area contributed by atoms with Crippen molar-refractivity contribution in [1.29, 1.82) is 0 Å². The van der Waals surface area contributed by atoms with Crippen LogP contribution in [-0.4, -0.2) is 35.0 Å². The second-order valence-corrected chi connectivity index (χ2v) is 7.43. The molecule has 1 aliphatic heterocycles. The van der Waals surface area contributed by atoms with Crippen LogP contribution in [0.1, 0.15) is 25.0 Å². The first kappa shape index (κ1) is 15.4. The van der Waals surface area contributed by atoms with Crippen LogP contribution in [0.4, 0.5) is 4.39 Å². The van der Waals surface area contributed by atoms with E-state index in [0.717, 1.165) is 36.5 Å². The van der Waals surface area contributed by atoms with Crippen LogP contribution in [0.15, 0.2) is 18.2 Å². The zero-order valence-electron chi connectivity index (χ0n) is 12.1. The third-order valence-corrected chi connectivity index (χ3v) is 4.59. The van der Waals surface area contributed by atoms with Gasteiger partial charge in [-0.15, -0.1) is 0 Å². The SMILES string of the molecule is CC1(C)CN(Cc2ccc(F)cc2C#CCN)CCS1. The van der Waals surface area contributed by atoms with Gasteiger partial charge in [-0.25, -0.2) is 4.39 Å². The van der Waals surface area contributed by atoms with Crippen molar-refractivity contribution in [3.8, 4) is 11.8 Å². The fraction of sp³-hybridized carbons (Fsp3) is 0.500. The number of hydrogen-bond donors (Lipinski definition) is 1. The van der Waals surface area contributed by atoms with Crippen molar-refractivity contribution < 1.29 is 4.39 Å². The summed E-state index contributed by atoms with van der Waals surface area (Å²) in [7, 11) is 0. The van der Waals surface area contributed by atoms with Gasteiger partial charge in [0.15, 0.2) is 0 Å². The summed E-state index contributed by atoms with van der Waals surface area (Å²) in [6.07, 6.45) is 0. The van der Waals surface area contributed by atoms with Gasteiger partial charge >= 0.3 is 0 Å². The Morgan fingerprint density at radius 1 is 1.45 bits per heavy atom. The molecule has 1 aromatic carbocycles. The normalized spacial score (nSPS) is 18.4. The number of hydrogen-bond acceptors (Lipinski definition) is 3. The minimum atomic E-state index is -0.246. The van der Waals surface area contributed by atoms with Crippen molar-refractivity contribution in [2.75, 3.05) is 25.4 Å². The van der Waals surface area contributed by atoms with Crippen molar-refractivity contribution in [2.45, 2.75) is 25.1 Å². The van der Waals surface area contributed by atoms with E-state index in [0.29, 0.717) is 6.54 Å². The van der Waals surface area contributed by atoms with Crippen LogP contribution >= 0.6 is 11.8 Å². The molecule has 0 spiro atoms. The van der Waals surface area contributed by atoms with Crippen LogP contribution in [0, 0.1) is 17.7 Å². The standard InChI is InChI=1S/C16H21FN2S/c1-16(2)12-19(8-9-20-16)11-14-5-6-15(17)10-13(14)4-3-7-18/h5-6,10H,7-9,11-12,18H2,1-2H3. The van der Waals surface area contributed by atoms with Gasteiger partial charge < -0.3 is 5.73 Å². The van der Waals surface area contributed by atoms with Gasteiger partial charge in [-0.3, -0.25) is 4.90 Å². The average Bonchev–Trinajstić information content (AvgIpc) is 2.38. The molecular weight excluding hydrogens is 271 g/mol. The molecule has 1 aromatic rings. The van der Waals surface area contributed by atoms with Gasteiger partial charge in [0.2, 0.25) is 0 Å². The van der Waals surface area contributed by atoms with E-state index in [1.807, 2.05) is 17.8 Å². The predicted molar refractivity (Wildman–Crippen MR) is 84.1 cm³/mol. The molecule has 1 saturated heterocycles. The van der Waals surface area contributed by atoms with Gasteiger partial charge in [0, 0.05) is 35.7 Å². The molecule has 0 radical (unpaired) electrons. The monoisotopic (exact) mass is 292 g/mol. The third-order valence-electron chi connectivity index (χ3n) is 3.30. The summed E-state index contributed by atoms with van der Waals surface area (Å²) in [6.45, 7) is 7.75. The Morgan fingerprint density at radius 3 is 2.95 bits per heavy atom. The first-order valence-corrected chi connectivity index (χ1v) is 7.82. The molecule has 0 saturated carbocycles. The highest BCUT2D eigenvalue weighted by atomic mass is 32.2. The minimum absolute atomic E-state index is 0.246. The zero-order valence-corrected chi connectivity index (χ0v) is 12.9. The first-order valence-electron chi connectivity index (χ1n) is 6.84. The number of halogens is 1. The van der Waals surface area contributed by atoms with Gasteiger partial charge in [-0.05, 0) is 31.5 Å². The van der Waals surface area contributed by atoms with E-state index < -0.39 is 0 Å². The van der Waals surface area contributed by atoms with Crippen molar-refractivity contribution in [3.05, 3.63) is 35.1 Å². The van der Waals surface area contributed by atoms with Gasteiger partial charge in [-0.1, -0.05) is 17.9 Å². The highest BCUT2D eigenvalue weighted by Gasteiger charge is 2.27. The summed E-state index contributed by atoms with van der Waals surface area (Å²) >= 11 is 2.01. The quantitative estimate of drug-likeness (QED) is 0.849. The Balaban J connectivity index is 2.16. The molecular formula is C16H21FN2S. The summed E-state index contributed by atoms with van der Waals surface area (Å²) in [5.41, 5.74) is 7.24. The van der Waals surface area contributed by atoms with E-state index in [-0.39, 0.29) is 10.6 Å². The second-order valence-electron chi connectivity index (χ2n) is 5.63. The Bertz CT molecular complexity index is 531. The van der Waals surface area contributed by atoms with E-state index in [2.05, 4.69) is 30.6 Å². The third kappa shape index (κ3) is 4.24. The van der Waals surface area contributed by atoms with Crippen LogP contribution < -0.4 is 5.73 Å². The summed E-state index contributed by atoms with van der Waals surface area (Å²) in [5.74, 6) is 6.68. The smallest absolute Gasteiger partial charge is 0.124 e. The van der Waals surface area contributed by atoms with E-state index in [9.17, 15) is 4.39 Å². The Hall–Kier alpha value is -1.02. The summed E-state index contributed by atoms with van der Waals surface area (Å²) in [6, 6.07) is 4.85.